The Bertz CT molecular complexity index is 1000. The summed E-state index contributed by atoms with van der Waals surface area (Å²) < 4.78 is 19.1. The Kier molecular flexibility index (Phi) is 7.33. The Hall–Kier alpha value is -2.15. The third kappa shape index (κ3) is 5.20. The molecular weight excluding hydrogens is 465 g/mol. The van der Waals surface area contributed by atoms with E-state index in [4.69, 9.17) is 16.3 Å². The monoisotopic (exact) mass is 499 g/mol. The molecule has 3 heterocycles. The first-order valence-electron chi connectivity index (χ1n) is 12.8. The predicted octanol–water partition coefficient (Wildman–Crippen LogP) is 4.80. The molecule has 7 heteroatoms. The average molecular weight is 500 g/mol. The third-order valence-electron chi connectivity index (χ3n) is 8.03. The Morgan fingerprint density at radius 1 is 0.914 bits per heavy atom. The summed E-state index contributed by atoms with van der Waals surface area (Å²) in [4.78, 5) is 20.9. The summed E-state index contributed by atoms with van der Waals surface area (Å²) in [5.41, 5.74) is 2.19. The normalized spacial score (nSPS) is 28.5. The molecule has 0 spiro atoms. The Labute approximate surface area is 212 Å². The lowest BCUT2D eigenvalue weighted by Gasteiger charge is -2.46. The van der Waals surface area contributed by atoms with Crippen molar-refractivity contribution in [1.82, 2.24) is 9.80 Å². The van der Waals surface area contributed by atoms with Gasteiger partial charge in [-0.05, 0) is 68.7 Å². The van der Waals surface area contributed by atoms with Crippen molar-refractivity contribution in [1.29, 1.82) is 0 Å². The van der Waals surface area contributed by atoms with E-state index in [2.05, 4.69) is 40.7 Å². The van der Waals surface area contributed by atoms with E-state index >= 15 is 0 Å². The summed E-state index contributed by atoms with van der Waals surface area (Å²) >= 11 is 6.17. The highest BCUT2D eigenvalue weighted by Crippen LogP contribution is 2.38. The van der Waals surface area contributed by atoms with E-state index in [9.17, 15) is 9.18 Å². The number of likely N-dealkylation sites (tertiary alicyclic amines) is 1. The molecule has 0 aliphatic carbocycles. The van der Waals surface area contributed by atoms with Gasteiger partial charge in [0.15, 0.2) is 0 Å². The standard InChI is InChI=1S/C28H35ClFN3O2/c1-19-15-32(16-20(2)33(19)25-9-7-23(30)8-10-25)28(34)27-18-31(24-11-13-35-14-12-24)17-26(27)21-3-5-22(29)6-4-21/h3-10,19-20,24,26-27H,11-18H2,1-2H3/t19-,20+,26-,27+/m1/s1. The van der Waals surface area contributed by atoms with Crippen LogP contribution in [0.4, 0.5) is 10.1 Å². The number of rotatable bonds is 4. The van der Waals surface area contributed by atoms with Gasteiger partial charge in [0.25, 0.3) is 0 Å². The predicted molar refractivity (Wildman–Crippen MR) is 137 cm³/mol. The molecule has 5 nitrogen and oxygen atoms in total. The van der Waals surface area contributed by atoms with Gasteiger partial charge in [0.2, 0.25) is 5.91 Å². The fraction of sp³-hybridized carbons (Fsp3) is 0.536. The summed E-state index contributed by atoms with van der Waals surface area (Å²) in [7, 11) is 0. The molecule has 0 aromatic heterocycles. The Balaban J connectivity index is 1.34. The maximum absolute atomic E-state index is 14.0. The van der Waals surface area contributed by atoms with E-state index in [1.807, 2.05) is 24.3 Å². The molecule has 3 aliphatic rings. The SMILES string of the molecule is C[C@@H]1CN(C(=O)[C@H]2CN(C3CCOCC3)C[C@@H]2c2ccc(Cl)cc2)C[C@H](C)N1c1ccc(F)cc1. The zero-order chi connectivity index (χ0) is 24.5. The molecule has 4 atom stereocenters. The van der Waals surface area contributed by atoms with Crippen LogP contribution in [0.2, 0.25) is 5.02 Å². The van der Waals surface area contributed by atoms with Crippen molar-refractivity contribution in [3.63, 3.8) is 0 Å². The van der Waals surface area contributed by atoms with Crippen LogP contribution in [0.1, 0.15) is 38.2 Å². The van der Waals surface area contributed by atoms with E-state index in [-0.39, 0.29) is 35.6 Å². The molecule has 1 amide bonds. The summed E-state index contributed by atoms with van der Waals surface area (Å²) in [5, 5.41) is 0.718. The zero-order valence-electron chi connectivity index (χ0n) is 20.6. The second kappa shape index (κ2) is 10.5. The van der Waals surface area contributed by atoms with Crippen molar-refractivity contribution in [2.24, 2.45) is 5.92 Å². The molecular formula is C28H35ClFN3O2. The molecule has 0 unspecified atom stereocenters. The summed E-state index contributed by atoms with van der Waals surface area (Å²) in [6, 6.07) is 15.5. The number of hydrogen-bond acceptors (Lipinski definition) is 4. The minimum atomic E-state index is -0.230. The number of benzene rings is 2. The highest BCUT2D eigenvalue weighted by atomic mass is 35.5. The fourth-order valence-corrected chi connectivity index (χ4v) is 6.47. The van der Waals surface area contributed by atoms with Crippen molar-refractivity contribution in [2.45, 2.75) is 50.7 Å². The van der Waals surface area contributed by atoms with Gasteiger partial charge in [0.05, 0.1) is 5.92 Å². The average Bonchev–Trinajstić information content (AvgIpc) is 3.31. The quantitative estimate of drug-likeness (QED) is 0.605. The van der Waals surface area contributed by atoms with Crippen molar-refractivity contribution < 1.29 is 13.9 Å². The molecule has 2 aromatic carbocycles. The highest BCUT2D eigenvalue weighted by molar-refractivity contribution is 6.30. The molecule has 35 heavy (non-hydrogen) atoms. The first-order chi connectivity index (χ1) is 16.9. The minimum absolute atomic E-state index is 0.0733. The maximum Gasteiger partial charge on any atom is 0.227 e. The molecule has 188 valence electrons. The van der Waals surface area contributed by atoms with Crippen molar-refractivity contribution >= 4 is 23.2 Å². The van der Waals surface area contributed by atoms with E-state index in [1.165, 1.54) is 17.7 Å². The van der Waals surface area contributed by atoms with Crippen LogP contribution in [-0.2, 0) is 9.53 Å². The number of hydrogen-bond donors (Lipinski definition) is 0. The zero-order valence-corrected chi connectivity index (χ0v) is 21.3. The largest absolute Gasteiger partial charge is 0.381 e. The van der Waals surface area contributed by atoms with E-state index in [0.717, 1.165) is 49.9 Å². The Morgan fingerprint density at radius 2 is 1.54 bits per heavy atom. The molecule has 0 bridgehead atoms. The first kappa shape index (κ1) is 24.5. The smallest absolute Gasteiger partial charge is 0.227 e. The van der Waals surface area contributed by atoms with Gasteiger partial charge in [-0.25, -0.2) is 4.39 Å². The second-order valence-corrected chi connectivity index (χ2v) is 10.8. The third-order valence-corrected chi connectivity index (χ3v) is 8.28. The number of nitrogens with zero attached hydrogens (tertiary/aromatic N) is 3. The van der Waals surface area contributed by atoms with Crippen LogP contribution in [-0.4, -0.2) is 73.2 Å². The lowest BCUT2D eigenvalue weighted by molar-refractivity contribution is -0.137. The highest BCUT2D eigenvalue weighted by Gasteiger charge is 2.44. The molecule has 0 N–H and O–H groups in total. The summed E-state index contributed by atoms with van der Waals surface area (Å²) in [5.74, 6) is 0.0996. The number of carbonyl (C=O) groups is 1. The van der Waals surface area contributed by atoms with Gasteiger partial charge in [-0.2, -0.15) is 0 Å². The number of piperazine rings is 1. The minimum Gasteiger partial charge on any atom is -0.381 e. The maximum atomic E-state index is 14.0. The number of anilines is 1. The van der Waals surface area contributed by atoms with Gasteiger partial charge >= 0.3 is 0 Å². The number of halogens is 2. The molecule has 0 saturated carbocycles. The second-order valence-electron chi connectivity index (χ2n) is 10.4. The molecule has 3 saturated heterocycles. The van der Waals surface area contributed by atoms with Crippen LogP contribution in [0.25, 0.3) is 0 Å². The van der Waals surface area contributed by atoms with Crippen LogP contribution >= 0.6 is 11.6 Å². The van der Waals surface area contributed by atoms with Gasteiger partial charge in [0, 0.05) is 74.1 Å². The lowest BCUT2D eigenvalue weighted by Crippen LogP contribution is -2.59. The number of carbonyl (C=O) groups excluding carboxylic acids is 1. The van der Waals surface area contributed by atoms with Crippen LogP contribution in [0.3, 0.4) is 0 Å². The first-order valence-corrected chi connectivity index (χ1v) is 13.2. The van der Waals surface area contributed by atoms with Gasteiger partial charge < -0.3 is 14.5 Å². The Morgan fingerprint density at radius 3 is 2.17 bits per heavy atom. The van der Waals surface area contributed by atoms with Crippen LogP contribution in [0.15, 0.2) is 48.5 Å². The van der Waals surface area contributed by atoms with Gasteiger partial charge in [-0.1, -0.05) is 23.7 Å². The van der Waals surface area contributed by atoms with Gasteiger partial charge in [0.1, 0.15) is 5.82 Å². The van der Waals surface area contributed by atoms with Crippen molar-refractivity contribution in [3.8, 4) is 0 Å². The molecule has 3 fully saturated rings. The molecule has 5 rings (SSSR count). The van der Waals surface area contributed by atoms with Crippen molar-refractivity contribution in [2.75, 3.05) is 44.3 Å². The summed E-state index contributed by atoms with van der Waals surface area (Å²) in [6.45, 7) is 8.92. The van der Waals surface area contributed by atoms with E-state index in [0.29, 0.717) is 19.1 Å². The summed E-state index contributed by atoms with van der Waals surface area (Å²) in [6.07, 6.45) is 2.05. The van der Waals surface area contributed by atoms with Crippen LogP contribution in [0, 0.1) is 11.7 Å². The fourth-order valence-electron chi connectivity index (χ4n) is 6.34. The topological polar surface area (TPSA) is 36.0 Å². The van der Waals surface area contributed by atoms with E-state index in [1.54, 1.807) is 0 Å². The van der Waals surface area contributed by atoms with Crippen LogP contribution in [0.5, 0.6) is 0 Å². The van der Waals surface area contributed by atoms with Crippen LogP contribution < -0.4 is 4.90 Å². The van der Waals surface area contributed by atoms with Gasteiger partial charge in [-0.3, -0.25) is 9.69 Å². The van der Waals surface area contributed by atoms with Gasteiger partial charge in [-0.15, -0.1) is 0 Å². The number of ether oxygens (including phenoxy) is 1. The van der Waals surface area contributed by atoms with Crippen molar-refractivity contribution in [3.05, 3.63) is 64.9 Å². The molecule has 0 radical (unpaired) electrons. The molecule has 3 aliphatic heterocycles. The lowest BCUT2D eigenvalue weighted by atomic mass is 9.87. The van der Waals surface area contributed by atoms with E-state index < -0.39 is 0 Å². The molecule has 2 aromatic rings. The number of amides is 1.